The number of benzene rings is 2. The maximum absolute atomic E-state index is 12.3. The number of furan rings is 1. The van der Waals surface area contributed by atoms with Crippen LogP contribution >= 0.6 is 27.7 Å². The highest BCUT2D eigenvalue weighted by Crippen LogP contribution is 2.33. The fourth-order valence-electron chi connectivity index (χ4n) is 3.01. The summed E-state index contributed by atoms with van der Waals surface area (Å²) in [5, 5.41) is 12.9. The Labute approximate surface area is 185 Å². The fourth-order valence-corrected chi connectivity index (χ4v) is 3.97. The lowest BCUT2D eigenvalue weighted by Gasteiger charge is -2.07. The number of halogens is 1. The van der Waals surface area contributed by atoms with Crippen molar-refractivity contribution in [3.8, 4) is 17.3 Å². The topological polar surface area (TPSA) is 82.2 Å². The summed E-state index contributed by atoms with van der Waals surface area (Å²) in [5.74, 6) is 1.94. The lowest BCUT2D eigenvalue weighted by molar-refractivity contribution is -0.113. The van der Waals surface area contributed by atoms with E-state index in [-0.39, 0.29) is 11.7 Å². The average molecular weight is 487 g/mol. The van der Waals surface area contributed by atoms with Gasteiger partial charge in [0.05, 0.1) is 12.9 Å². The molecule has 9 heteroatoms. The number of anilines is 1. The molecule has 0 radical (unpaired) electrons. The van der Waals surface area contributed by atoms with Gasteiger partial charge in [0.25, 0.3) is 0 Å². The zero-order valence-corrected chi connectivity index (χ0v) is 19.0. The van der Waals surface area contributed by atoms with Crippen LogP contribution in [-0.2, 0) is 11.8 Å². The Morgan fingerprint density at radius 3 is 2.87 bits per heavy atom. The number of hydrogen-bond donors (Lipinski definition) is 1. The minimum absolute atomic E-state index is 0.111. The summed E-state index contributed by atoms with van der Waals surface area (Å²) in [6.45, 7) is 1.98. The maximum atomic E-state index is 12.3. The van der Waals surface area contributed by atoms with Gasteiger partial charge >= 0.3 is 0 Å². The average Bonchev–Trinajstić information content (AvgIpc) is 3.32. The van der Waals surface area contributed by atoms with Crippen LogP contribution in [-0.4, -0.2) is 33.5 Å². The van der Waals surface area contributed by atoms with Gasteiger partial charge in [-0.1, -0.05) is 39.8 Å². The van der Waals surface area contributed by atoms with E-state index < -0.39 is 0 Å². The molecule has 0 saturated heterocycles. The molecule has 0 unspecified atom stereocenters. The van der Waals surface area contributed by atoms with Crippen LogP contribution < -0.4 is 10.1 Å². The molecule has 2 aromatic carbocycles. The predicted molar refractivity (Wildman–Crippen MR) is 121 cm³/mol. The van der Waals surface area contributed by atoms with Crippen LogP contribution in [0.3, 0.4) is 0 Å². The molecule has 0 bridgehead atoms. The number of rotatable bonds is 6. The highest BCUT2D eigenvalue weighted by atomic mass is 79.9. The van der Waals surface area contributed by atoms with Crippen molar-refractivity contribution in [3.63, 3.8) is 0 Å². The molecule has 0 aliphatic rings. The number of aromatic nitrogens is 3. The van der Waals surface area contributed by atoms with Crippen LogP contribution in [0.5, 0.6) is 5.75 Å². The number of methoxy groups -OCH3 is 1. The quantitative estimate of drug-likeness (QED) is 0.384. The molecule has 0 aliphatic heterocycles. The van der Waals surface area contributed by atoms with Gasteiger partial charge in [-0.2, -0.15) is 0 Å². The van der Waals surface area contributed by atoms with Gasteiger partial charge < -0.3 is 19.0 Å². The number of amides is 1. The van der Waals surface area contributed by atoms with Gasteiger partial charge in [-0.3, -0.25) is 4.79 Å². The Morgan fingerprint density at radius 2 is 2.10 bits per heavy atom. The number of hydrogen-bond acceptors (Lipinski definition) is 6. The van der Waals surface area contributed by atoms with E-state index in [1.807, 2.05) is 61.0 Å². The zero-order valence-electron chi connectivity index (χ0n) is 16.6. The first-order chi connectivity index (χ1) is 14.5. The second-order valence-electron chi connectivity index (χ2n) is 6.66. The van der Waals surface area contributed by atoms with Crippen molar-refractivity contribution in [3.05, 3.63) is 52.5 Å². The van der Waals surface area contributed by atoms with Gasteiger partial charge in [0.15, 0.2) is 28.1 Å². The number of fused-ring (bicyclic) bond motifs is 1. The van der Waals surface area contributed by atoms with Gasteiger partial charge in [0.2, 0.25) is 5.91 Å². The van der Waals surface area contributed by atoms with Crippen LogP contribution in [0.1, 0.15) is 5.56 Å². The van der Waals surface area contributed by atoms with E-state index in [1.165, 1.54) is 11.8 Å². The minimum atomic E-state index is -0.111. The third-order valence-corrected chi connectivity index (χ3v) is 6.47. The zero-order chi connectivity index (χ0) is 21.3. The molecule has 7 nitrogen and oxygen atoms in total. The monoisotopic (exact) mass is 486 g/mol. The molecule has 1 N–H and O–H groups in total. The van der Waals surface area contributed by atoms with E-state index in [4.69, 9.17) is 9.15 Å². The number of carbonyl (C=O) groups excluding carboxylic acids is 1. The van der Waals surface area contributed by atoms with Gasteiger partial charge in [0.1, 0.15) is 0 Å². The third kappa shape index (κ3) is 4.08. The predicted octanol–water partition coefficient (Wildman–Crippen LogP) is 5.04. The summed E-state index contributed by atoms with van der Waals surface area (Å²) >= 11 is 4.77. The first kappa shape index (κ1) is 20.5. The highest BCUT2D eigenvalue weighted by molar-refractivity contribution is 9.10. The van der Waals surface area contributed by atoms with Gasteiger partial charge in [-0.25, -0.2) is 0 Å². The summed E-state index contributed by atoms with van der Waals surface area (Å²) in [6, 6.07) is 13.3. The van der Waals surface area contributed by atoms with Crippen molar-refractivity contribution in [1.29, 1.82) is 0 Å². The maximum Gasteiger partial charge on any atom is 0.234 e. The lowest BCUT2D eigenvalue weighted by atomic mass is 10.2. The smallest absolute Gasteiger partial charge is 0.234 e. The third-order valence-electron chi connectivity index (χ3n) is 4.56. The molecular weight excluding hydrogens is 468 g/mol. The van der Waals surface area contributed by atoms with E-state index in [9.17, 15) is 4.79 Å². The van der Waals surface area contributed by atoms with Crippen molar-refractivity contribution in [2.24, 2.45) is 7.05 Å². The fraction of sp³-hybridized carbons (Fsp3) is 0.190. The summed E-state index contributed by atoms with van der Waals surface area (Å²) in [6.07, 6.45) is 0. The Bertz CT molecular complexity index is 1230. The van der Waals surface area contributed by atoms with E-state index in [0.717, 1.165) is 21.1 Å². The number of carbonyl (C=O) groups is 1. The molecule has 1 amide bonds. The molecule has 0 atom stereocenters. The molecule has 0 aliphatic carbocycles. The molecule has 4 rings (SSSR count). The Hall–Kier alpha value is -2.78. The van der Waals surface area contributed by atoms with Crippen molar-refractivity contribution < 1.29 is 13.9 Å². The number of aryl methyl sites for hydroxylation is 1. The largest absolute Gasteiger partial charge is 0.493 e. The highest BCUT2D eigenvalue weighted by Gasteiger charge is 2.18. The summed E-state index contributed by atoms with van der Waals surface area (Å²) < 4.78 is 14.1. The van der Waals surface area contributed by atoms with Crippen LogP contribution in [0.4, 0.5) is 5.69 Å². The number of thioether (sulfide) groups is 1. The van der Waals surface area contributed by atoms with E-state index in [0.29, 0.717) is 28.1 Å². The first-order valence-electron chi connectivity index (χ1n) is 9.11. The van der Waals surface area contributed by atoms with E-state index in [1.54, 1.807) is 7.11 Å². The molecule has 4 aromatic rings. The Kier molecular flexibility index (Phi) is 5.83. The van der Waals surface area contributed by atoms with Crippen LogP contribution in [0.2, 0.25) is 0 Å². The molecule has 2 aromatic heterocycles. The summed E-state index contributed by atoms with van der Waals surface area (Å²) in [5.41, 5.74) is 2.48. The van der Waals surface area contributed by atoms with Gasteiger partial charge in [-0.05, 0) is 42.8 Å². The molecule has 2 heterocycles. The standard InChI is InChI=1S/C21H19BrN4O3S/c1-12-9-14(7-8-15(12)22)23-18(27)11-30-21-25-24-20(26(21)2)17-10-13-5-4-6-16(28-3)19(13)29-17/h4-10H,11H2,1-3H3,(H,23,27). The lowest BCUT2D eigenvalue weighted by Crippen LogP contribution is -2.14. The van der Waals surface area contributed by atoms with Gasteiger partial charge in [0, 0.05) is 22.6 Å². The SMILES string of the molecule is COc1cccc2cc(-c3nnc(SCC(=O)Nc4ccc(Br)c(C)c4)n3C)oc12. The minimum Gasteiger partial charge on any atom is -0.493 e. The van der Waals surface area contributed by atoms with Crippen LogP contribution in [0.25, 0.3) is 22.6 Å². The van der Waals surface area contributed by atoms with Gasteiger partial charge in [-0.15, -0.1) is 10.2 Å². The molecule has 0 fully saturated rings. The Balaban J connectivity index is 1.47. The molecule has 0 saturated carbocycles. The second kappa shape index (κ2) is 8.53. The van der Waals surface area contributed by atoms with Crippen LogP contribution in [0.15, 0.2) is 56.5 Å². The van der Waals surface area contributed by atoms with E-state index >= 15 is 0 Å². The summed E-state index contributed by atoms with van der Waals surface area (Å²) in [7, 11) is 3.45. The number of nitrogens with zero attached hydrogens (tertiary/aromatic N) is 3. The van der Waals surface area contributed by atoms with Crippen molar-refractivity contribution >= 4 is 50.3 Å². The van der Waals surface area contributed by atoms with Crippen molar-refractivity contribution in [1.82, 2.24) is 14.8 Å². The van der Waals surface area contributed by atoms with E-state index in [2.05, 4.69) is 31.4 Å². The molecule has 0 spiro atoms. The Morgan fingerprint density at radius 1 is 1.27 bits per heavy atom. The number of ether oxygens (including phenoxy) is 1. The second-order valence-corrected chi connectivity index (χ2v) is 8.45. The van der Waals surface area contributed by atoms with Crippen molar-refractivity contribution in [2.75, 3.05) is 18.2 Å². The first-order valence-corrected chi connectivity index (χ1v) is 10.9. The van der Waals surface area contributed by atoms with Crippen LogP contribution in [0, 0.1) is 6.92 Å². The van der Waals surface area contributed by atoms with Crippen molar-refractivity contribution in [2.45, 2.75) is 12.1 Å². The normalized spacial score (nSPS) is 11.1. The molecular formula is C21H19BrN4O3S. The number of para-hydroxylation sites is 1. The molecule has 154 valence electrons. The molecule has 30 heavy (non-hydrogen) atoms. The summed E-state index contributed by atoms with van der Waals surface area (Å²) in [4.78, 5) is 12.3. The number of nitrogens with one attached hydrogen (secondary N) is 1.